The highest BCUT2D eigenvalue weighted by Gasteiger charge is 1.87. The van der Waals surface area contributed by atoms with Crippen LogP contribution < -0.4 is 0 Å². The lowest BCUT2D eigenvalue weighted by molar-refractivity contribution is 0.733. The van der Waals surface area contributed by atoms with E-state index in [9.17, 15) is 0 Å². The normalized spacial score (nSPS) is 8.89. The van der Waals surface area contributed by atoms with Crippen LogP contribution in [0.15, 0.2) is 18.9 Å². The molecule has 0 aromatic carbocycles. The fourth-order valence-electron chi connectivity index (χ4n) is 0.460. The third-order valence-electron chi connectivity index (χ3n) is 0.825. The van der Waals surface area contributed by atoms with Gasteiger partial charge in [-0.2, -0.15) is 0 Å². The average Bonchev–Trinajstić information content (AvgIpc) is 1.91. The molecule has 0 bridgehead atoms. The molecule has 0 saturated carbocycles. The SMILES string of the molecule is C=CCc1cnnnn1. The Kier molecular flexibility index (Phi) is 1.85. The summed E-state index contributed by atoms with van der Waals surface area (Å²) in [5, 5.41) is 13.8. The Hall–Kier alpha value is -1.32. The molecule has 1 aromatic heterocycles. The van der Waals surface area contributed by atoms with Crippen molar-refractivity contribution in [3.63, 3.8) is 0 Å². The Bertz CT molecular complexity index is 183. The van der Waals surface area contributed by atoms with Gasteiger partial charge in [0.25, 0.3) is 0 Å². The number of hydrogen-bond acceptors (Lipinski definition) is 4. The molecule has 0 N–H and O–H groups in total. The van der Waals surface area contributed by atoms with E-state index in [2.05, 4.69) is 27.2 Å². The van der Waals surface area contributed by atoms with Crippen molar-refractivity contribution >= 4 is 0 Å². The highest BCUT2D eigenvalue weighted by molar-refractivity contribution is 4.95. The van der Waals surface area contributed by atoms with Crippen LogP contribution >= 0.6 is 0 Å². The van der Waals surface area contributed by atoms with Crippen molar-refractivity contribution in [3.8, 4) is 0 Å². The quantitative estimate of drug-likeness (QED) is 0.518. The van der Waals surface area contributed by atoms with E-state index in [0.29, 0.717) is 6.42 Å². The van der Waals surface area contributed by atoms with Gasteiger partial charge in [-0.15, -0.1) is 16.8 Å². The largest absolute Gasteiger partial charge is 0.135 e. The molecule has 0 aliphatic rings. The first-order valence-corrected chi connectivity index (χ1v) is 2.54. The van der Waals surface area contributed by atoms with Crippen LogP contribution in [0.4, 0.5) is 0 Å². The van der Waals surface area contributed by atoms with Crippen molar-refractivity contribution in [1.82, 2.24) is 20.6 Å². The zero-order valence-corrected chi connectivity index (χ0v) is 4.86. The molecule has 4 nitrogen and oxygen atoms in total. The minimum atomic E-state index is 0.697. The van der Waals surface area contributed by atoms with Crippen molar-refractivity contribution in [3.05, 3.63) is 24.5 Å². The second-order valence-electron chi connectivity index (χ2n) is 1.51. The van der Waals surface area contributed by atoms with Gasteiger partial charge in [0.05, 0.1) is 11.9 Å². The molecule has 0 aliphatic carbocycles. The van der Waals surface area contributed by atoms with E-state index in [-0.39, 0.29) is 0 Å². The van der Waals surface area contributed by atoms with Crippen molar-refractivity contribution in [1.29, 1.82) is 0 Å². The minimum absolute atomic E-state index is 0.697. The van der Waals surface area contributed by atoms with Gasteiger partial charge < -0.3 is 0 Å². The van der Waals surface area contributed by atoms with Crippen LogP contribution in [0.25, 0.3) is 0 Å². The molecule has 0 amide bonds. The Morgan fingerprint density at radius 1 is 1.56 bits per heavy atom. The molecule has 9 heavy (non-hydrogen) atoms. The molecule has 0 spiro atoms. The van der Waals surface area contributed by atoms with E-state index >= 15 is 0 Å². The summed E-state index contributed by atoms with van der Waals surface area (Å²) in [6.45, 7) is 3.54. The highest BCUT2D eigenvalue weighted by atomic mass is 15.4. The Morgan fingerprint density at radius 3 is 3.00 bits per heavy atom. The van der Waals surface area contributed by atoms with E-state index in [4.69, 9.17) is 0 Å². The summed E-state index contributed by atoms with van der Waals surface area (Å²) in [4.78, 5) is 0. The van der Waals surface area contributed by atoms with Crippen molar-refractivity contribution < 1.29 is 0 Å². The predicted octanol–water partition coefficient (Wildman–Crippen LogP) is -0.00490. The fraction of sp³-hybridized carbons (Fsp3) is 0.200. The summed E-state index contributed by atoms with van der Waals surface area (Å²) in [5.41, 5.74) is 0.792. The van der Waals surface area contributed by atoms with Gasteiger partial charge in [0.1, 0.15) is 0 Å². The maximum Gasteiger partial charge on any atom is 0.0888 e. The van der Waals surface area contributed by atoms with E-state index in [1.54, 1.807) is 12.3 Å². The van der Waals surface area contributed by atoms with Gasteiger partial charge in [0, 0.05) is 6.42 Å². The molecule has 0 radical (unpaired) electrons. The van der Waals surface area contributed by atoms with Crippen LogP contribution in [0.3, 0.4) is 0 Å². The Morgan fingerprint density at radius 2 is 2.44 bits per heavy atom. The van der Waals surface area contributed by atoms with Crippen LogP contribution in [-0.2, 0) is 6.42 Å². The molecular formula is C5H6N4. The van der Waals surface area contributed by atoms with Gasteiger partial charge in [-0.25, -0.2) is 0 Å². The van der Waals surface area contributed by atoms with Crippen LogP contribution in [0.1, 0.15) is 5.69 Å². The minimum Gasteiger partial charge on any atom is -0.135 e. The van der Waals surface area contributed by atoms with Crippen molar-refractivity contribution in [2.45, 2.75) is 6.42 Å². The standard InChI is InChI=1S/C5H6N4/c1-2-3-5-4-6-8-9-7-5/h2,4H,1,3H2. The van der Waals surface area contributed by atoms with E-state index in [1.165, 1.54) is 0 Å². The molecule has 0 fully saturated rings. The van der Waals surface area contributed by atoms with Crippen LogP contribution in [0.5, 0.6) is 0 Å². The summed E-state index contributed by atoms with van der Waals surface area (Å²) in [6, 6.07) is 0. The van der Waals surface area contributed by atoms with E-state index in [1.807, 2.05) is 0 Å². The average molecular weight is 122 g/mol. The number of nitrogens with zero attached hydrogens (tertiary/aromatic N) is 4. The molecule has 0 unspecified atom stereocenters. The summed E-state index contributed by atoms with van der Waals surface area (Å²) < 4.78 is 0. The van der Waals surface area contributed by atoms with Gasteiger partial charge in [-0.3, -0.25) is 0 Å². The third kappa shape index (κ3) is 1.56. The van der Waals surface area contributed by atoms with Crippen LogP contribution in [-0.4, -0.2) is 20.6 Å². The van der Waals surface area contributed by atoms with Crippen LogP contribution in [0.2, 0.25) is 0 Å². The van der Waals surface area contributed by atoms with Gasteiger partial charge in [-0.05, 0) is 10.4 Å². The first kappa shape index (κ1) is 5.81. The second-order valence-corrected chi connectivity index (χ2v) is 1.51. The predicted molar refractivity (Wildman–Crippen MR) is 31.5 cm³/mol. The monoisotopic (exact) mass is 122 g/mol. The molecule has 1 aromatic rings. The smallest absolute Gasteiger partial charge is 0.0888 e. The zero-order valence-electron chi connectivity index (χ0n) is 4.86. The van der Waals surface area contributed by atoms with Gasteiger partial charge in [-0.1, -0.05) is 6.08 Å². The van der Waals surface area contributed by atoms with Gasteiger partial charge >= 0.3 is 0 Å². The van der Waals surface area contributed by atoms with E-state index in [0.717, 1.165) is 5.69 Å². The lowest BCUT2D eigenvalue weighted by Gasteiger charge is -1.86. The maximum atomic E-state index is 3.67. The lowest BCUT2D eigenvalue weighted by Crippen LogP contribution is -1.95. The molecule has 0 atom stereocenters. The summed E-state index contributed by atoms with van der Waals surface area (Å²) in [5.74, 6) is 0. The van der Waals surface area contributed by atoms with Crippen LogP contribution in [0, 0.1) is 0 Å². The number of aromatic nitrogens is 4. The molecular weight excluding hydrogens is 116 g/mol. The lowest BCUT2D eigenvalue weighted by atomic mass is 10.3. The summed E-state index contributed by atoms with van der Waals surface area (Å²) in [7, 11) is 0. The summed E-state index contributed by atoms with van der Waals surface area (Å²) >= 11 is 0. The maximum absolute atomic E-state index is 3.67. The second kappa shape index (κ2) is 2.86. The number of hydrogen-bond donors (Lipinski definition) is 0. The molecule has 0 aliphatic heterocycles. The first-order valence-electron chi connectivity index (χ1n) is 2.54. The fourth-order valence-corrected chi connectivity index (χ4v) is 0.460. The topological polar surface area (TPSA) is 51.6 Å². The molecule has 1 rings (SSSR count). The molecule has 46 valence electrons. The van der Waals surface area contributed by atoms with Crippen molar-refractivity contribution in [2.24, 2.45) is 0 Å². The molecule has 0 saturated heterocycles. The summed E-state index contributed by atoms with van der Waals surface area (Å²) in [6.07, 6.45) is 4.00. The van der Waals surface area contributed by atoms with Crippen molar-refractivity contribution in [2.75, 3.05) is 0 Å². The number of rotatable bonds is 2. The third-order valence-corrected chi connectivity index (χ3v) is 0.825. The van der Waals surface area contributed by atoms with E-state index < -0.39 is 0 Å². The van der Waals surface area contributed by atoms with Gasteiger partial charge in [0.2, 0.25) is 0 Å². The molecule has 1 heterocycles. The molecule has 4 heteroatoms. The zero-order chi connectivity index (χ0) is 6.53. The Labute approximate surface area is 52.6 Å². The van der Waals surface area contributed by atoms with Gasteiger partial charge in [0.15, 0.2) is 0 Å². The first-order chi connectivity index (χ1) is 4.43. The number of allylic oxidation sites excluding steroid dienone is 1. The Balaban J connectivity index is 2.72. The highest BCUT2D eigenvalue weighted by Crippen LogP contribution is 1.87.